The quantitative estimate of drug-likeness (QED) is 0.822. The van der Waals surface area contributed by atoms with Gasteiger partial charge in [-0.25, -0.2) is 0 Å². The molecule has 0 bridgehead atoms. The summed E-state index contributed by atoms with van der Waals surface area (Å²) in [7, 11) is 0. The molecule has 1 aromatic carbocycles. The molecule has 0 amide bonds. The fourth-order valence-electron chi connectivity index (χ4n) is 1.68. The molecule has 0 aliphatic rings. The Morgan fingerprint density at radius 3 is 2.50 bits per heavy atom. The molecular formula is C16H24ClN. The highest BCUT2D eigenvalue weighted by atomic mass is 35.5. The van der Waals surface area contributed by atoms with Gasteiger partial charge in [-0.15, -0.1) is 0 Å². The van der Waals surface area contributed by atoms with E-state index in [9.17, 15) is 0 Å². The SMILES string of the molecule is CC/C(=C/c1ccc(Cl)cc1C)CNC(C)(C)C. The Kier molecular flexibility index (Phi) is 5.43. The van der Waals surface area contributed by atoms with Gasteiger partial charge in [-0.2, -0.15) is 0 Å². The van der Waals surface area contributed by atoms with Crippen LogP contribution in [0.4, 0.5) is 0 Å². The van der Waals surface area contributed by atoms with Crippen molar-refractivity contribution in [2.45, 2.75) is 46.6 Å². The van der Waals surface area contributed by atoms with Crippen molar-refractivity contribution in [1.29, 1.82) is 0 Å². The molecule has 100 valence electrons. The average molecular weight is 266 g/mol. The number of rotatable bonds is 4. The lowest BCUT2D eigenvalue weighted by molar-refractivity contribution is 0.443. The highest BCUT2D eigenvalue weighted by Gasteiger charge is 2.09. The summed E-state index contributed by atoms with van der Waals surface area (Å²) in [5.41, 5.74) is 4.05. The second-order valence-corrected chi connectivity index (χ2v) is 6.20. The maximum Gasteiger partial charge on any atom is 0.0409 e. The fraction of sp³-hybridized carbons (Fsp3) is 0.500. The summed E-state index contributed by atoms with van der Waals surface area (Å²) in [6, 6.07) is 6.05. The lowest BCUT2D eigenvalue weighted by atomic mass is 10.0. The number of benzene rings is 1. The fourth-order valence-corrected chi connectivity index (χ4v) is 1.90. The molecule has 0 unspecified atom stereocenters. The van der Waals surface area contributed by atoms with Gasteiger partial charge in [0.2, 0.25) is 0 Å². The van der Waals surface area contributed by atoms with Crippen LogP contribution in [0.1, 0.15) is 45.2 Å². The molecule has 0 aliphatic heterocycles. The van der Waals surface area contributed by atoms with Crippen LogP contribution in [0.3, 0.4) is 0 Å². The molecule has 1 aromatic rings. The van der Waals surface area contributed by atoms with Crippen LogP contribution in [0.25, 0.3) is 6.08 Å². The van der Waals surface area contributed by atoms with E-state index in [-0.39, 0.29) is 5.54 Å². The van der Waals surface area contributed by atoms with Crippen LogP contribution in [0.15, 0.2) is 23.8 Å². The lowest BCUT2D eigenvalue weighted by Gasteiger charge is -2.21. The minimum Gasteiger partial charge on any atom is -0.308 e. The van der Waals surface area contributed by atoms with Gasteiger partial charge in [0.05, 0.1) is 0 Å². The zero-order valence-electron chi connectivity index (χ0n) is 12.1. The van der Waals surface area contributed by atoms with E-state index in [2.05, 4.69) is 52.1 Å². The molecule has 0 atom stereocenters. The molecule has 0 radical (unpaired) electrons. The Balaban J connectivity index is 2.84. The van der Waals surface area contributed by atoms with Gasteiger partial charge < -0.3 is 5.32 Å². The van der Waals surface area contributed by atoms with E-state index in [4.69, 9.17) is 11.6 Å². The zero-order valence-corrected chi connectivity index (χ0v) is 12.9. The number of halogens is 1. The summed E-state index contributed by atoms with van der Waals surface area (Å²) in [5.74, 6) is 0. The number of nitrogens with one attached hydrogen (secondary N) is 1. The van der Waals surface area contributed by atoms with Gasteiger partial charge in [0.15, 0.2) is 0 Å². The maximum atomic E-state index is 5.98. The lowest BCUT2D eigenvalue weighted by Crippen LogP contribution is -2.36. The Morgan fingerprint density at radius 1 is 1.33 bits per heavy atom. The zero-order chi connectivity index (χ0) is 13.8. The topological polar surface area (TPSA) is 12.0 Å². The molecule has 0 saturated carbocycles. The maximum absolute atomic E-state index is 5.98. The van der Waals surface area contributed by atoms with Crippen LogP contribution < -0.4 is 5.32 Å². The number of aryl methyl sites for hydroxylation is 1. The van der Waals surface area contributed by atoms with Crippen LogP contribution in [0.2, 0.25) is 5.02 Å². The molecule has 0 fully saturated rings. The van der Waals surface area contributed by atoms with E-state index >= 15 is 0 Å². The van der Waals surface area contributed by atoms with Gasteiger partial charge in [-0.3, -0.25) is 0 Å². The molecule has 0 spiro atoms. The third-order valence-electron chi connectivity index (χ3n) is 2.89. The third kappa shape index (κ3) is 5.24. The molecule has 2 heteroatoms. The minimum absolute atomic E-state index is 0.156. The van der Waals surface area contributed by atoms with Gasteiger partial charge in [-0.1, -0.05) is 36.2 Å². The van der Waals surface area contributed by atoms with Gasteiger partial charge in [0.25, 0.3) is 0 Å². The Labute approximate surface area is 116 Å². The van der Waals surface area contributed by atoms with E-state index in [1.807, 2.05) is 12.1 Å². The van der Waals surface area contributed by atoms with E-state index in [1.54, 1.807) is 0 Å². The van der Waals surface area contributed by atoms with Crippen molar-refractivity contribution < 1.29 is 0 Å². The van der Waals surface area contributed by atoms with Crippen molar-refractivity contribution in [3.63, 3.8) is 0 Å². The monoisotopic (exact) mass is 265 g/mol. The molecule has 1 nitrogen and oxygen atoms in total. The van der Waals surface area contributed by atoms with Gasteiger partial charge >= 0.3 is 0 Å². The summed E-state index contributed by atoms with van der Waals surface area (Å²) < 4.78 is 0. The first kappa shape index (κ1) is 15.3. The molecule has 0 saturated heterocycles. The molecule has 0 aliphatic carbocycles. The number of hydrogen-bond donors (Lipinski definition) is 1. The van der Waals surface area contributed by atoms with Crippen LogP contribution in [0, 0.1) is 6.92 Å². The van der Waals surface area contributed by atoms with Crippen LogP contribution in [0.5, 0.6) is 0 Å². The largest absolute Gasteiger partial charge is 0.308 e. The second-order valence-electron chi connectivity index (χ2n) is 5.76. The van der Waals surface area contributed by atoms with Crippen molar-refractivity contribution in [2.24, 2.45) is 0 Å². The first-order chi connectivity index (χ1) is 8.31. The molecule has 0 aromatic heterocycles. The standard InChI is InChI=1S/C16H24ClN/c1-6-13(11-18-16(3,4)5)10-14-7-8-15(17)9-12(14)2/h7-10,18H,6,11H2,1-5H3/b13-10-. The van der Waals surface area contributed by atoms with E-state index in [1.165, 1.54) is 16.7 Å². The third-order valence-corrected chi connectivity index (χ3v) is 3.13. The average Bonchev–Trinajstić information content (AvgIpc) is 2.25. The first-order valence-electron chi connectivity index (χ1n) is 6.52. The van der Waals surface area contributed by atoms with Crippen molar-refractivity contribution in [3.05, 3.63) is 39.9 Å². The predicted molar refractivity (Wildman–Crippen MR) is 82.2 cm³/mol. The van der Waals surface area contributed by atoms with Gasteiger partial charge in [0.1, 0.15) is 0 Å². The minimum atomic E-state index is 0.156. The Bertz CT molecular complexity index is 427. The molecular weight excluding hydrogens is 242 g/mol. The van der Waals surface area contributed by atoms with Gasteiger partial charge in [0, 0.05) is 17.1 Å². The van der Waals surface area contributed by atoms with Crippen LogP contribution in [-0.2, 0) is 0 Å². The predicted octanol–water partition coefficient (Wildman–Crippen LogP) is 4.83. The summed E-state index contributed by atoms with van der Waals surface area (Å²) in [4.78, 5) is 0. The second kappa shape index (κ2) is 6.40. The molecule has 1 N–H and O–H groups in total. The smallest absolute Gasteiger partial charge is 0.0409 e. The van der Waals surface area contributed by atoms with E-state index in [0.717, 1.165) is 18.0 Å². The van der Waals surface area contributed by atoms with Crippen LogP contribution in [-0.4, -0.2) is 12.1 Å². The highest BCUT2D eigenvalue weighted by Crippen LogP contribution is 2.18. The number of hydrogen-bond acceptors (Lipinski definition) is 1. The molecule has 1 rings (SSSR count). The summed E-state index contributed by atoms with van der Waals surface area (Å²) >= 11 is 5.98. The van der Waals surface area contributed by atoms with Crippen molar-refractivity contribution in [1.82, 2.24) is 5.32 Å². The summed E-state index contributed by atoms with van der Waals surface area (Å²) in [5, 5.41) is 4.33. The Morgan fingerprint density at radius 2 is 2.00 bits per heavy atom. The first-order valence-corrected chi connectivity index (χ1v) is 6.90. The summed E-state index contributed by atoms with van der Waals surface area (Å²) in [6.45, 7) is 11.8. The van der Waals surface area contributed by atoms with E-state index in [0.29, 0.717) is 0 Å². The van der Waals surface area contributed by atoms with E-state index < -0.39 is 0 Å². The van der Waals surface area contributed by atoms with Crippen LogP contribution >= 0.6 is 11.6 Å². The van der Waals surface area contributed by atoms with Crippen molar-refractivity contribution in [2.75, 3.05) is 6.54 Å². The molecule has 0 heterocycles. The summed E-state index contributed by atoms with van der Waals surface area (Å²) in [6.07, 6.45) is 3.33. The normalized spacial score (nSPS) is 12.9. The highest BCUT2D eigenvalue weighted by molar-refractivity contribution is 6.30. The Hall–Kier alpha value is -0.790. The van der Waals surface area contributed by atoms with Crippen molar-refractivity contribution in [3.8, 4) is 0 Å². The van der Waals surface area contributed by atoms with Gasteiger partial charge in [-0.05, 0) is 57.4 Å². The van der Waals surface area contributed by atoms with Crippen molar-refractivity contribution >= 4 is 17.7 Å². The molecule has 18 heavy (non-hydrogen) atoms.